The van der Waals surface area contributed by atoms with E-state index in [4.69, 9.17) is 4.74 Å². The fourth-order valence-electron chi connectivity index (χ4n) is 2.11. The summed E-state index contributed by atoms with van der Waals surface area (Å²) in [4.78, 5) is 35.2. The van der Waals surface area contributed by atoms with Gasteiger partial charge in [0.05, 0.1) is 6.42 Å². The molecule has 0 aliphatic rings. The SMILES string of the molecule is Cc1cc(NC(=O)COC(=O)CCC(=O)Nc2ccc(F)cc2)ccc1Br. The second-order valence-electron chi connectivity index (χ2n) is 5.73. The Morgan fingerprint density at radius 3 is 2.26 bits per heavy atom. The van der Waals surface area contributed by atoms with Crippen molar-refractivity contribution in [2.24, 2.45) is 0 Å². The topological polar surface area (TPSA) is 84.5 Å². The molecule has 0 saturated carbocycles. The van der Waals surface area contributed by atoms with Crippen LogP contribution in [0.25, 0.3) is 0 Å². The first-order chi connectivity index (χ1) is 12.8. The Hall–Kier alpha value is -2.74. The van der Waals surface area contributed by atoms with Crippen LogP contribution >= 0.6 is 15.9 Å². The van der Waals surface area contributed by atoms with Gasteiger partial charge in [-0.05, 0) is 55.0 Å². The minimum atomic E-state index is -0.661. The van der Waals surface area contributed by atoms with Gasteiger partial charge in [0, 0.05) is 22.3 Å². The number of hydrogen-bond acceptors (Lipinski definition) is 4. The molecule has 0 aliphatic carbocycles. The molecule has 2 aromatic carbocycles. The van der Waals surface area contributed by atoms with Crippen LogP contribution in [0.3, 0.4) is 0 Å². The zero-order valence-electron chi connectivity index (χ0n) is 14.6. The number of ether oxygens (including phenoxy) is 1. The van der Waals surface area contributed by atoms with E-state index in [1.807, 2.05) is 6.92 Å². The molecule has 0 saturated heterocycles. The van der Waals surface area contributed by atoms with Gasteiger partial charge in [-0.2, -0.15) is 0 Å². The second kappa shape index (κ2) is 9.82. The Kier molecular flexibility index (Phi) is 7.48. The van der Waals surface area contributed by atoms with E-state index in [0.717, 1.165) is 10.0 Å². The highest BCUT2D eigenvalue weighted by molar-refractivity contribution is 9.10. The second-order valence-corrected chi connectivity index (χ2v) is 6.58. The summed E-state index contributed by atoms with van der Waals surface area (Å²) in [5.41, 5.74) is 1.98. The lowest BCUT2D eigenvalue weighted by Gasteiger charge is -2.08. The molecule has 2 amide bonds. The van der Waals surface area contributed by atoms with Gasteiger partial charge in [-0.15, -0.1) is 0 Å². The van der Waals surface area contributed by atoms with Gasteiger partial charge in [0.15, 0.2) is 6.61 Å². The molecule has 0 fully saturated rings. The smallest absolute Gasteiger partial charge is 0.306 e. The molecule has 0 radical (unpaired) electrons. The fraction of sp³-hybridized carbons (Fsp3) is 0.211. The van der Waals surface area contributed by atoms with E-state index in [0.29, 0.717) is 11.4 Å². The molecular weight excluding hydrogens is 419 g/mol. The number of amides is 2. The van der Waals surface area contributed by atoms with Crippen LogP contribution in [0.2, 0.25) is 0 Å². The van der Waals surface area contributed by atoms with Crippen LogP contribution in [0.1, 0.15) is 18.4 Å². The van der Waals surface area contributed by atoms with Crippen LogP contribution in [0, 0.1) is 12.7 Å². The lowest BCUT2D eigenvalue weighted by atomic mass is 10.2. The minimum absolute atomic E-state index is 0.107. The normalized spacial score (nSPS) is 10.2. The van der Waals surface area contributed by atoms with Crippen LogP contribution in [0.15, 0.2) is 46.9 Å². The van der Waals surface area contributed by atoms with E-state index in [-0.39, 0.29) is 12.8 Å². The van der Waals surface area contributed by atoms with Crippen molar-refractivity contribution in [3.8, 4) is 0 Å². The van der Waals surface area contributed by atoms with Crippen molar-refractivity contribution in [1.29, 1.82) is 0 Å². The molecule has 0 aliphatic heterocycles. The Morgan fingerprint density at radius 1 is 0.963 bits per heavy atom. The van der Waals surface area contributed by atoms with Crippen LogP contribution in [-0.4, -0.2) is 24.4 Å². The third-order valence-corrected chi connectivity index (χ3v) is 4.38. The maximum Gasteiger partial charge on any atom is 0.306 e. The monoisotopic (exact) mass is 436 g/mol. The van der Waals surface area contributed by atoms with Crippen LogP contribution < -0.4 is 10.6 Å². The number of benzene rings is 2. The quantitative estimate of drug-likeness (QED) is 0.646. The van der Waals surface area contributed by atoms with Crippen molar-refractivity contribution in [3.63, 3.8) is 0 Å². The number of carbonyl (C=O) groups excluding carboxylic acids is 3. The fourth-order valence-corrected chi connectivity index (χ4v) is 2.36. The average molecular weight is 437 g/mol. The summed E-state index contributed by atoms with van der Waals surface area (Å²) in [5.74, 6) is -1.95. The summed E-state index contributed by atoms with van der Waals surface area (Å²) >= 11 is 3.37. The number of anilines is 2. The standard InChI is InChI=1S/C19H18BrFN2O4/c1-12-10-15(6-7-16(12)20)23-18(25)11-27-19(26)9-8-17(24)22-14-4-2-13(21)3-5-14/h2-7,10H,8-9,11H2,1H3,(H,22,24)(H,23,25). The van der Waals surface area contributed by atoms with Crippen molar-refractivity contribution in [2.45, 2.75) is 19.8 Å². The third-order valence-electron chi connectivity index (χ3n) is 3.49. The number of halogens is 2. The van der Waals surface area contributed by atoms with Crippen molar-refractivity contribution < 1.29 is 23.5 Å². The predicted octanol–water partition coefficient (Wildman–Crippen LogP) is 3.80. The zero-order valence-corrected chi connectivity index (χ0v) is 16.1. The van der Waals surface area contributed by atoms with Crippen LogP contribution in [0.5, 0.6) is 0 Å². The molecule has 2 rings (SSSR count). The lowest BCUT2D eigenvalue weighted by molar-refractivity contribution is -0.147. The molecule has 0 aromatic heterocycles. The number of rotatable bonds is 7. The first-order valence-corrected chi connectivity index (χ1v) is 8.90. The molecule has 27 heavy (non-hydrogen) atoms. The van der Waals surface area contributed by atoms with Crippen molar-refractivity contribution in [2.75, 3.05) is 17.2 Å². The van der Waals surface area contributed by atoms with Crippen LogP contribution in [0.4, 0.5) is 15.8 Å². The molecule has 142 valence electrons. The first kappa shape index (κ1) is 20.6. The lowest BCUT2D eigenvalue weighted by Crippen LogP contribution is -2.21. The molecule has 0 bridgehead atoms. The van der Waals surface area contributed by atoms with Crippen molar-refractivity contribution >= 4 is 45.1 Å². The van der Waals surface area contributed by atoms with Gasteiger partial charge in [0.1, 0.15) is 5.82 Å². The molecule has 6 nitrogen and oxygen atoms in total. The Labute approximate surface area is 164 Å². The largest absolute Gasteiger partial charge is 0.456 e. The summed E-state index contributed by atoms with van der Waals surface area (Å²) in [7, 11) is 0. The summed E-state index contributed by atoms with van der Waals surface area (Å²) < 4.78 is 18.6. The summed E-state index contributed by atoms with van der Waals surface area (Å²) in [6, 6.07) is 10.6. The van der Waals surface area contributed by atoms with E-state index in [9.17, 15) is 18.8 Å². The molecular formula is C19H18BrFN2O4. The molecule has 0 heterocycles. The van der Waals surface area contributed by atoms with Gasteiger partial charge >= 0.3 is 5.97 Å². The molecule has 0 atom stereocenters. The average Bonchev–Trinajstić information content (AvgIpc) is 2.63. The highest BCUT2D eigenvalue weighted by Gasteiger charge is 2.11. The van der Waals surface area contributed by atoms with Gasteiger partial charge in [-0.1, -0.05) is 15.9 Å². The number of esters is 1. The molecule has 2 N–H and O–H groups in total. The Balaban J connectivity index is 1.69. The molecule has 0 spiro atoms. The van der Waals surface area contributed by atoms with E-state index in [1.54, 1.807) is 18.2 Å². The van der Waals surface area contributed by atoms with E-state index < -0.39 is 30.2 Å². The van der Waals surface area contributed by atoms with E-state index >= 15 is 0 Å². The van der Waals surface area contributed by atoms with Crippen molar-refractivity contribution in [3.05, 3.63) is 58.3 Å². The summed E-state index contributed by atoms with van der Waals surface area (Å²) in [6.07, 6.45) is -0.276. The first-order valence-electron chi connectivity index (χ1n) is 8.10. The maximum absolute atomic E-state index is 12.8. The highest BCUT2D eigenvalue weighted by atomic mass is 79.9. The maximum atomic E-state index is 12.8. The van der Waals surface area contributed by atoms with Crippen LogP contribution in [-0.2, 0) is 19.1 Å². The summed E-state index contributed by atoms with van der Waals surface area (Å²) in [5, 5.41) is 5.16. The third kappa shape index (κ3) is 7.18. The number of aryl methyl sites for hydroxylation is 1. The van der Waals surface area contributed by atoms with E-state index in [2.05, 4.69) is 26.6 Å². The highest BCUT2D eigenvalue weighted by Crippen LogP contribution is 2.19. The predicted molar refractivity (Wildman–Crippen MR) is 103 cm³/mol. The number of hydrogen-bond donors (Lipinski definition) is 2. The van der Waals surface area contributed by atoms with E-state index in [1.165, 1.54) is 24.3 Å². The summed E-state index contributed by atoms with van der Waals surface area (Å²) in [6.45, 7) is 1.45. The number of carbonyl (C=O) groups is 3. The van der Waals surface area contributed by atoms with Gasteiger partial charge < -0.3 is 15.4 Å². The molecule has 0 unspecified atom stereocenters. The Bertz CT molecular complexity index is 840. The van der Waals surface area contributed by atoms with Gasteiger partial charge in [-0.3, -0.25) is 14.4 Å². The zero-order chi connectivity index (χ0) is 19.8. The van der Waals surface area contributed by atoms with Gasteiger partial charge in [-0.25, -0.2) is 4.39 Å². The molecule has 8 heteroatoms. The Morgan fingerprint density at radius 2 is 1.59 bits per heavy atom. The van der Waals surface area contributed by atoms with Gasteiger partial charge in [0.25, 0.3) is 5.91 Å². The number of nitrogens with one attached hydrogen (secondary N) is 2. The minimum Gasteiger partial charge on any atom is -0.456 e. The van der Waals surface area contributed by atoms with Crippen molar-refractivity contribution in [1.82, 2.24) is 0 Å². The molecule has 2 aromatic rings. The van der Waals surface area contributed by atoms with Gasteiger partial charge in [0.2, 0.25) is 5.91 Å².